The van der Waals surface area contributed by atoms with Gasteiger partial charge in [-0.1, -0.05) is 0 Å². The second-order valence-corrected chi connectivity index (χ2v) is 4.12. The first kappa shape index (κ1) is 10.9. The first-order valence-corrected chi connectivity index (χ1v) is 5.33. The van der Waals surface area contributed by atoms with Crippen LogP contribution in [0, 0.1) is 12.8 Å². The van der Waals surface area contributed by atoms with Gasteiger partial charge in [0.1, 0.15) is 17.2 Å². The number of methoxy groups -OCH3 is 1. The highest BCUT2D eigenvalue weighted by Crippen LogP contribution is 2.32. The maximum atomic E-state index is 11.4. The molecule has 5 heteroatoms. The van der Waals surface area contributed by atoms with Gasteiger partial charge >= 0.3 is 5.97 Å². The molecule has 5 nitrogen and oxygen atoms in total. The summed E-state index contributed by atoms with van der Waals surface area (Å²) in [6, 6.07) is 0. The van der Waals surface area contributed by atoms with Gasteiger partial charge in [0.25, 0.3) is 0 Å². The molecule has 1 aromatic heterocycles. The molecular formula is C11H15N3O2. The summed E-state index contributed by atoms with van der Waals surface area (Å²) in [4.78, 5) is 19.9. The summed E-state index contributed by atoms with van der Waals surface area (Å²) in [5, 5.41) is 0. The number of nitrogen functional groups attached to an aromatic ring is 1. The predicted octanol–water partition coefficient (Wildman–Crippen LogP) is 1.11. The standard InChI is InChI=1S/C11H15N3O2/c1-6-9(11(15)16-2)10(12)14-8(13-6)5-7-3-4-7/h7H,3-5H2,1-2H3,(H2,12,13,14). The molecule has 1 fully saturated rings. The van der Waals surface area contributed by atoms with Gasteiger partial charge in [0, 0.05) is 6.42 Å². The number of aromatic nitrogens is 2. The van der Waals surface area contributed by atoms with Gasteiger partial charge < -0.3 is 10.5 Å². The van der Waals surface area contributed by atoms with Crippen LogP contribution in [0.25, 0.3) is 0 Å². The number of ether oxygens (including phenoxy) is 1. The minimum atomic E-state index is -0.479. The Hall–Kier alpha value is -1.65. The average molecular weight is 221 g/mol. The van der Waals surface area contributed by atoms with Crippen LogP contribution in [-0.2, 0) is 11.2 Å². The van der Waals surface area contributed by atoms with Crippen molar-refractivity contribution in [3.05, 3.63) is 17.1 Å². The van der Waals surface area contributed by atoms with Crippen molar-refractivity contribution in [1.82, 2.24) is 9.97 Å². The quantitative estimate of drug-likeness (QED) is 0.773. The molecule has 86 valence electrons. The Morgan fingerprint density at radius 2 is 2.19 bits per heavy atom. The number of nitrogens with two attached hydrogens (primary N) is 1. The fraction of sp³-hybridized carbons (Fsp3) is 0.545. The van der Waals surface area contributed by atoms with Gasteiger partial charge in [-0.25, -0.2) is 14.8 Å². The maximum absolute atomic E-state index is 11.4. The van der Waals surface area contributed by atoms with Crippen LogP contribution in [-0.4, -0.2) is 23.0 Å². The van der Waals surface area contributed by atoms with E-state index < -0.39 is 5.97 Å². The molecule has 2 rings (SSSR count). The van der Waals surface area contributed by atoms with Crippen molar-refractivity contribution in [2.24, 2.45) is 5.92 Å². The van der Waals surface area contributed by atoms with E-state index in [2.05, 4.69) is 14.7 Å². The smallest absolute Gasteiger partial charge is 0.343 e. The molecule has 0 radical (unpaired) electrons. The molecule has 0 atom stereocenters. The van der Waals surface area contributed by atoms with Gasteiger partial charge in [0.05, 0.1) is 12.8 Å². The lowest BCUT2D eigenvalue weighted by molar-refractivity contribution is 0.0600. The van der Waals surface area contributed by atoms with Crippen LogP contribution in [0.4, 0.5) is 5.82 Å². The van der Waals surface area contributed by atoms with Crippen molar-refractivity contribution in [2.75, 3.05) is 12.8 Å². The van der Waals surface area contributed by atoms with E-state index in [1.54, 1.807) is 6.92 Å². The summed E-state index contributed by atoms with van der Waals surface area (Å²) < 4.78 is 4.63. The highest BCUT2D eigenvalue weighted by atomic mass is 16.5. The third kappa shape index (κ3) is 2.13. The molecule has 1 aromatic rings. The van der Waals surface area contributed by atoms with Crippen LogP contribution in [0.5, 0.6) is 0 Å². The van der Waals surface area contributed by atoms with E-state index in [-0.39, 0.29) is 11.4 Å². The van der Waals surface area contributed by atoms with Crippen molar-refractivity contribution in [3.8, 4) is 0 Å². The fourth-order valence-electron chi connectivity index (χ4n) is 1.68. The van der Waals surface area contributed by atoms with Crippen molar-refractivity contribution >= 4 is 11.8 Å². The van der Waals surface area contributed by atoms with Crippen molar-refractivity contribution < 1.29 is 9.53 Å². The van der Waals surface area contributed by atoms with Gasteiger partial charge in [-0.15, -0.1) is 0 Å². The molecule has 1 aliphatic carbocycles. The molecule has 0 unspecified atom stereocenters. The number of anilines is 1. The summed E-state index contributed by atoms with van der Waals surface area (Å²) in [7, 11) is 1.32. The van der Waals surface area contributed by atoms with Gasteiger partial charge in [-0.2, -0.15) is 0 Å². The Morgan fingerprint density at radius 3 is 2.69 bits per heavy atom. The zero-order chi connectivity index (χ0) is 11.7. The number of nitrogens with zero attached hydrogens (tertiary/aromatic N) is 2. The summed E-state index contributed by atoms with van der Waals surface area (Å²) in [6.45, 7) is 1.75. The summed E-state index contributed by atoms with van der Waals surface area (Å²) >= 11 is 0. The van der Waals surface area contributed by atoms with E-state index in [1.807, 2.05) is 0 Å². The molecule has 0 spiro atoms. The topological polar surface area (TPSA) is 78.1 Å². The third-order valence-corrected chi connectivity index (χ3v) is 2.72. The maximum Gasteiger partial charge on any atom is 0.343 e. The molecule has 1 heterocycles. The Labute approximate surface area is 94.0 Å². The van der Waals surface area contributed by atoms with Crippen LogP contribution < -0.4 is 5.73 Å². The molecule has 0 aliphatic heterocycles. The Kier molecular flexibility index (Phi) is 2.77. The number of esters is 1. The summed E-state index contributed by atoms with van der Waals surface area (Å²) in [5.74, 6) is 1.16. The fourth-order valence-corrected chi connectivity index (χ4v) is 1.68. The molecule has 0 amide bonds. The monoisotopic (exact) mass is 221 g/mol. The summed E-state index contributed by atoms with van der Waals surface area (Å²) in [6.07, 6.45) is 3.33. The number of aryl methyl sites for hydroxylation is 1. The van der Waals surface area contributed by atoms with Crippen LogP contribution in [0.15, 0.2) is 0 Å². The molecule has 16 heavy (non-hydrogen) atoms. The molecule has 2 N–H and O–H groups in total. The first-order chi connectivity index (χ1) is 7.61. The van der Waals surface area contributed by atoms with E-state index >= 15 is 0 Å². The van der Waals surface area contributed by atoms with E-state index in [9.17, 15) is 4.79 Å². The lowest BCUT2D eigenvalue weighted by Crippen LogP contribution is -2.13. The lowest BCUT2D eigenvalue weighted by atomic mass is 10.2. The van der Waals surface area contributed by atoms with Gasteiger partial charge in [-0.3, -0.25) is 0 Å². The zero-order valence-electron chi connectivity index (χ0n) is 9.49. The SMILES string of the molecule is COC(=O)c1c(C)nc(CC2CC2)nc1N. The van der Waals surface area contributed by atoms with Gasteiger partial charge in [0.15, 0.2) is 0 Å². The second-order valence-electron chi connectivity index (χ2n) is 4.12. The largest absolute Gasteiger partial charge is 0.465 e. The van der Waals surface area contributed by atoms with Gasteiger partial charge in [-0.05, 0) is 25.7 Å². The minimum Gasteiger partial charge on any atom is -0.465 e. The van der Waals surface area contributed by atoms with E-state index in [4.69, 9.17) is 5.73 Å². The highest BCUT2D eigenvalue weighted by Gasteiger charge is 2.24. The molecule has 0 aromatic carbocycles. The second kappa shape index (κ2) is 4.08. The van der Waals surface area contributed by atoms with Gasteiger partial charge in [0.2, 0.25) is 0 Å². The Bertz CT molecular complexity index is 404. The molecule has 0 bridgehead atoms. The third-order valence-electron chi connectivity index (χ3n) is 2.72. The average Bonchev–Trinajstić information content (AvgIpc) is 3.00. The number of hydrogen-bond acceptors (Lipinski definition) is 5. The number of hydrogen-bond donors (Lipinski definition) is 1. The number of carbonyl (C=O) groups is 1. The van der Waals surface area contributed by atoms with Crippen molar-refractivity contribution in [1.29, 1.82) is 0 Å². The molecule has 0 saturated heterocycles. The highest BCUT2D eigenvalue weighted by molar-refractivity contribution is 5.95. The normalized spacial score (nSPS) is 14.9. The van der Waals surface area contributed by atoms with E-state index in [0.29, 0.717) is 11.6 Å². The van der Waals surface area contributed by atoms with Crippen LogP contribution in [0.2, 0.25) is 0 Å². The predicted molar refractivity (Wildman–Crippen MR) is 58.9 cm³/mol. The minimum absolute atomic E-state index is 0.218. The molecule has 1 saturated carbocycles. The van der Waals surface area contributed by atoms with E-state index in [0.717, 1.165) is 12.2 Å². The summed E-state index contributed by atoms with van der Waals surface area (Å²) in [5.41, 5.74) is 6.62. The van der Waals surface area contributed by atoms with Crippen LogP contribution >= 0.6 is 0 Å². The van der Waals surface area contributed by atoms with Crippen molar-refractivity contribution in [3.63, 3.8) is 0 Å². The molecular weight excluding hydrogens is 206 g/mol. The van der Waals surface area contributed by atoms with E-state index in [1.165, 1.54) is 20.0 Å². The lowest BCUT2D eigenvalue weighted by Gasteiger charge is -2.08. The van der Waals surface area contributed by atoms with Crippen molar-refractivity contribution in [2.45, 2.75) is 26.2 Å². The first-order valence-electron chi connectivity index (χ1n) is 5.33. The number of carbonyl (C=O) groups excluding carboxylic acids is 1. The Morgan fingerprint density at radius 1 is 1.50 bits per heavy atom. The van der Waals surface area contributed by atoms with Crippen LogP contribution in [0.3, 0.4) is 0 Å². The Balaban J connectivity index is 2.30. The number of rotatable bonds is 3. The zero-order valence-corrected chi connectivity index (χ0v) is 9.49. The molecule has 1 aliphatic rings. The van der Waals surface area contributed by atoms with Crippen LogP contribution in [0.1, 0.15) is 34.7 Å².